The SMILES string of the molecule is CC(C(=O)Nc1ccc([N+](=O)[O-])cc1)N1CCC(N)C(C)(C)C1. The second-order valence-corrected chi connectivity index (χ2v) is 6.82. The summed E-state index contributed by atoms with van der Waals surface area (Å²) in [6.07, 6.45) is 0.863. The van der Waals surface area contributed by atoms with Gasteiger partial charge in [-0.15, -0.1) is 0 Å². The molecule has 2 rings (SSSR count). The maximum Gasteiger partial charge on any atom is 0.269 e. The molecule has 1 fully saturated rings. The highest BCUT2D eigenvalue weighted by Crippen LogP contribution is 2.29. The quantitative estimate of drug-likeness (QED) is 0.652. The summed E-state index contributed by atoms with van der Waals surface area (Å²) in [6.45, 7) is 7.66. The molecule has 126 valence electrons. The predicted molar refractivity (Wildman–Crippen MR) is 89.1 cm³/mol. The fourth-order valence-corrected chi connectivity index (χ4v) is 2.82. The van der Waals surface area contributed by atoms with Gasteiger partial charge in [-0.25, -0.2) is 0 Å². The van der Waals surface area contributed by atoms with Gasteiger partial charge in [0.25, 0.3) is 5.69 Å². The van der Waals surface area contributed by atoms with Crippen molar-refractivity contribution >= 4 is 17.3 Å². The van der Waals surface area contributed by atoms with Crippen molar-refractivity contribution in [3.8, 4) is 0 Å². The van der Waals surface area contributed by atoms with E-state index in [1.165, 1.54) is 12.1 Å². The number of nitro groups is 1. The largest absolute Gasteiger partial charge is 0.327 e. The van der Waals surface area contributed by atoms with E-state index in [0.717, 1.165) is 19.5 Å². The van der Waals surface area contributed by atoms with E-state index in [9.17, 15) is 14.9 Å². The summed E-state index contributed by atoms with van der Waals surface area (Å²) in [5, 5.41) is 13.4. The van der Waals surface area contributed by atoms with Gasteiger partial charge in [0.05, 0.1) is 11.0 Å². The third kappa shape index (κ3) is 4.05. The molecule has 0 spiro atoms. The van der Waals surface area contributed by atoms with Crippen molar-refractivity contribution in [3.63, 3.8) is 0 Å². The molecule has 1 amide bonds. The average Bonchev–Trinajstić information content (AvgIpc) is 2.49. The first-order valence-corrected chi connectivity index (χ1v) is 7.75. The summed E-state index contributed by atoms with van der Waals surface area (Å²) in [4.78, 5) is 24.7. The number of nitrogens with zero attached hydrogens (tertiary/aromatic N) is 2. The molecule has 1 aliphatic rings. The van der Waals surface area contributed by atoms with Crippen LogP contribution in [0.4, 0.5) is 11.4 Å². The molecule has 1 aromatic carbocycles. The fraction of sp³-hybridized carbons (Fsp3) is 0.562. The molecule has 1 saturated heterocycles. The number of nitrogens with two attached hydrogens (primary N) is 1. The number of hydrogen-bond donors (Lipinski definition) is 2. The summed E-state index contributed by atoms with van der Waals surface area (Å²) in [6, 6.07) is 5.70. The monoisotopic (exact) mass is 320 g/mol. The summed E-state index contributed by atoms with van der Waals surface area (Å²) >= 11 is 0. The second-order valence-electron chi connectivity index (χ2n) is 6.82. The Bertz CT molecular complexity index is 585. The Morgan fingerprint density at radius 2 is 2.04 bits per heavy atom. The highest BCUT2D eigenvalue weighted by atomic mass is 16.6. The van der Waals surface area contributed by atoms with Crippen LogP contribution in [0.15, 0.2) is 24.3 Å². The lowest BCUT2D eigenvalue weighted by molar-refractivity contribution is -0.384. The Labute approximate surface area is 136 Å². The van der Waals surface area contributed by atoms with Crippen molar-refractivity contribution < 1.29 is 9.72 Å². The normalized spacial score (nSPS) is 22.3. The van der Waals surface area contributed by atoms with Crippen LogP contribution >= 0.6 is 0 Å². The van der Waals surface area contributed by atoms with E-state index in [-0.39, 0.29) is 29.1 Å². The van der Waals surface area contributed by atoms with Gasteiger partial charge in [0.2, 0.25) is 5.91 Å². The molecular formula is C16H24N4O3. The average molecular weight is 320 g/mol. The van der Waals surface area contributed by atoms with Crippen molar-refractivity contribution in [2.24, 2.45) is 11.1 Å². The number of amides is 1. The van der Waals surface area contributed by atoms with Crippen molar-refractivity contribution in [2.45, 2.75) is 39.3 Å². The van der Waals surface area contributed by atoms with Gasteiger partial charge in [-0.1, -0.05) is 13.8 Å². The van der Waals surface area contributed by atoms with E-state index < -0.39 is 4.92 Å². The molecule has 0 radical (unpaired) electrons. The lowest BCUT2D eigenvalue weighted by atomic mass is 9.79. The number of carbonyl (C=O) groups excluding carboxylic acids is 1. The molecule has 2 atom stereocenters. The molecule has 1 heterocycles. The van der Waals surface area contributed by atoms with E-state index in [1.807, 2.05) is 6.92 Å². The van der Waals surface area contributed by atoms with E-state index in [1.54, 1.807) is 12.1 Å². The van der Waals surface area contributed by atoms with Crippen LogP contribution in [0.1, 0.15) is 27.2 Å². The molecule has 0 saturated carbocycles. The van der Waals surface area contributed by atoms with Gasteiger partial charge in [0, 0.05) is 37.0 Å². The number of nitro benzene ring substituents is 1. The number of non-ortho nitro benzene ring substituents is 1. The second kappa shape index (κ2) is 6.64. The Hall–Kier alpha value is -1.99. The van der Waals surface area contributed by atoms with E-state index in [0.29, 0.717) is 5.69 Å². The minimum absolute atomic E-state index is 0.00261. The van der Waals surface area contributed by atoms with Crippen LogP contribution in [-0.4, -0.2) is 40.9 Å². The van der Waals surface area contributed by atoms with Crippen LogP contribution in [-0.2, 0) is 4.79 Å². The molecule has 7 nitrogen and oxygen atoms in total. The molecule has 23 heavy (non-hydrogen) atoms. The third-order valence-corrected chi connectivity index (χ3v) is 4.61. The molecule has 0 bridgehead atoms. The molecule has 0 aliphatic carbocycles. The molecule has 7 heteroatoms. The first-order chi connectivity index (χ1) is 10.7. The Morgan fingerprint density at radius 3 is 2.57 bits per heavy atom. The molecule has 2 unspecified atom stereocenters. The summed E-state index contributed by atoms with van der Waals surface area (Å²) < 4.78 is 0. The van der Waals surface area contributed by atoms with E-state index in [2.05, 4.69) is 24.1 Å². The predicted octanol–water partition coefficient (Wildman–Crippen LogP) is 1.98. The first kappa shape index (κ1) is 17.4. The number of anilines is 1. The van der Waals surface area contributed by atoms with Crippen LogP contribution < -0.4 is 11.1 Å². The van der Waals surface area contributed by atoms with Gasteiger partial charge < -0.3 is 11.1 Å². The number of rotatable bonds is 4. The van der Waals surface area contributed by atoms with Crippen LogP contribution in [0, 0.1) is 15.5 Å². The van der Waals surface area contributed by atoms with Crippen LogP contribution in [0.2, 0.25) is 0 Å². The standard InChI is InChI=1S/C16H24N4O3/c1-11(19-9-8-14(17)16(2,3)10-19)15(21)18-12-4-6-13(7-5-12)20(22)23/h4-7,11,14H,8-10,17H2,1-3H3,(H,18,21). The third-order valence-electron chi connectivity index (χ3n) is 4.61. The maximum atomic E-state index is 12.4. The van der Waals surface area contributed by atoms with Gasteiger partial charge in [-0.2, -0.15) is 0 Å². The van der Waals surface area contributed by atoms with Crippen molar-refractivity contribution in [3.05, 3.63) is 34.4 Å². The van der Waals surface area contributed by atoms with Crippen LogP contribution in [0.3, 0.4) is 0 Å². The maximum absolute atomic E-state index is 12.4. The van der Waals surface area contributed by atoms with Crippen LogP contribution in [0.25, 0.3) is 0 Å². The zero-order valence-electron chi connectivity index (χ0n) is 13.8. The summed E-state index contributed by atoms with van der Waals surface area (Å²) in [5.41, 5.74) is 6.66. The number of likely N-dealkylation sites (tertiary alicyclic amines) is 1. The van der Waals surface area contributed by atoms with E-state index >= 15 is 0 Å². The molecule has 1 aromatic rings. The lowest BCUT2D eigenvalue weighted by Crippen LogP contribution is -2.56. The number of hydrogen-bond acceptors (Lipinski definition) is 5. The number of carbonyl (C=O) groups is 1. The molecule has 0 aromatic heterocycles. The van der Waals surface area contributed by atoms with Gasteiger partial charge in [0.15, 0.2) is 0 Å². The first-order valence-electron chi connectivity index (χ1n) is 7.75. The zero-order chi connectivity index (χ0) is 17.2. The molecule has 1 aliphatic heterocycles. The lowest BCUT2D eigenvalue weighted by Gasteiger charge is -2.44. The topological polar surface area (TPSA) is 101 Å². The highest BCUT2D eigenvalue weighted by molar-refractivity contribution is 5.94. The summed E-state index contributed by atoms with van der Waals surface area (Å²) in [7, 11) is 0. The Morgan fingerprint density at radius 1 is 1.43 bits per heavy atom. The summed E-state index contributed by atoms with van der Waals surface area (Å²) in [5.74, 6) is -0.120. The van der Waals surface area contributed by atoms with E-state index in [4.69, 9.17) is 5.73 Å². The van der Waals surface area contributed by atoms with Gasteiger partial charge in [-0.05, 0) is 30.9 Å². The molecule has 3 N–H and O–H groups in total. The zero-order valence-corrected chi connectivity index (χ0v) is 13.8. The van der Waals surface area contributed by atoms with Gasteiger partial charge in [0.1, 0.15) is 0 Å². The minimum atomic E-state index is -0.465. The van der Waals surface area contributed by atoms with Gasteiger partial charge in [-0.3, -0.25) is 19.8 Å². The number of benzene rings is 1. The minimum Gasteiger partial charge on any atom is -0.327 e. The molecular weight excluding hydrogens is 296 g/mol. The van der Waals surface area contributed by atoms with Crippen LogP contribution in [0.5, 0.6) is 0 Å². The Balaban J connectivity index is 1.98. The van der Waals surface area contributed by atoms with Crippen molar-refractivity contribution in [1.82, 2.24) is 4.90 Å². The van der Waals surface area contributed by atoms with Gasteiger partial charge >= 0.3 is 0 Å². The fourth-order valence-electron chi connectivity index (χ4n) is 2.82. The highest BCUT2D eigenvalue weighted by Gasteiger charge is 2.36. The Kier molecular flexibility index (Phi) is 5.01. The number of piperidine rings is 1. The van der Waals surface area contributed by atoms with Crippen molar-refractivity contribution in [1.29, 1.82) is 0 Å². The van der Waals surface area contributed by atoms with Crippen molar-refractivity contribution in [2.75, 3.05) is 18.4 Å². The number of nitrogens with one attached hydrogen (secondary N) is 1. The smallest absolute Gasteiger partial charge is 0.269 e.